The molecular weight excluding hydrogens is 388 g/mol. The Balaban J connectivity index is 1.43. The molecule has 2 bridgehead atoms. The molecule has 0 radical (unpaired) electrons. The van der Waals surface area contributed by atoms with E-state index >= 15 is 0 Å². The van der Waals surface area contributed by atoms with Crippen molar-refractivity contribution in [1.82, 2.24) is 9.88 Å². The van der Waals surface area contributed by atoms with Crippen LogP contribution in [0.1, 0.15) is 47.8 Å². The number of nitrogens with zero attached hydrogens (tertiary/aromatic N) is 1. The number of hydrogen-bond acceptors (Lipinski definition) is 4. The Morgan fingerprint density at radius 2 is 2.03 bits per heavy atom. The van der Waals surface area contributed by atoms with Crippen LogP contribution in [0.5, 0.6) is 11.5 Å². The predicted octanol–water partition coefficient (Wildman–Crippen LogP) is 3.57. The molecule has 5 aliphatic rings. The highest BCUT2D eigenvalue weighted by molar-refractivity contribution is 5.86. The van der Waals surface area contributed by atoms with E-state index in [4.69, 9.17) is 4.74 Å². The van der Waals surface area contributed by atoms with E-state index in [2.05, 4.69) is 34.1 Å². The van der Waals surface area contributed by atoms with Crippen molar-refractivity contribution >= 4 is 10.9 Å². The fourth-order valence-corrected chi connectivity index (χ4v) is 7.57. The number of aliphatic hydroxyl groups is 1. The first-order chi connectivity index (χ1) is 15.1. The number of fused-ring (bicyclic) bond motifs is 4. The highest BCUT2D eigenvalue weighted by Crippen LogP contribution is 2.69. The minimum absolute atomic E-state index is 0.0813. The lowest BCUT2D eigenvalue weighted by Gasteiger charge is -2.62. The Morgan fingerprint density at radius 3 is 2.90 bits per heavy atom. The van der Waals surface area contributed by atoms with Gasteiger partial charge in [-0.05, 0) is 61.4 Å². The maximum Gasteiger partial charge on any atom is 0.166 e. The summed E-state index contributed by atoms with van der Waals surface area (Å²) in [5.41, 5.74) is 4.27. The van der Waals surface area contributed by atoms with Crippen molar-refractivity contribution in [1.29, 1.82) is 0 Å². The van der Waals surface area contributed by atoms with Crippen LogP contribution in [0.2, 0.25) is 0 Å². The first-order valence-corrected chi connectivity index (χ1v) is 11.7. The number of benzene rings is 2. The van der Waals surface area contributed by atoms with Crippen LogP contribution in [-0.4, -0.2) is 44.8 Å². The topological polar surface area (TPSA) is 68.7 Å². The van der Waals surface area contributed by atoms with Crippen LogP contribution in [0, 0.1) is 5.92 Å². The fourth-order valence-electron chi connectivity index (χ4n) is 7.57. The van der Waals surface area contributed by atoms with Gasteiger partial charge in [-0.3, -0.25) is 4.90 Å². The number of hydrogen-bond donors (Lipinski definition) is 3. The van der Waals surface area contributed by atoms with E-state index in [9.17, 15) is 10.2 Å². The molecule has 3 heterocycles. The van der Waals surface area contributed by atoms with Crippen LogP contribution >= 0.6 is 0 Å². The summed E-state index contributed by atoms with van der Waals surface area (Å²) in [6.45, 7) is 2.07. The van der Waals surface area contributed by atoms with Crippen LogP contribution in [0.4, 0.5) is 0 Å². The third kappa shape index (κ3) is 1.84. The van der Waals surface area contributed by atoms with Gasteiger partial charge in [0.1, 0.15) is 0 Å². The predicted molar refractivity (Wildman–Crippen MR) is 117 cm³/mol. The first-order valence-electron chi connectivity index (χ1n) is 11.7. The van der Waals surface area contributed by atoms with Gasteiger partial charge in [0, 0.05) is 35.5 Å². The van der Waals surface area contributed by atoms with E-state index in [1.165, 1.54) is 29.4 Å². The van der Waals surface area contributed by atoms with Gasteiger partial charge in [-0.25, -0.2) is 0 Å². The number of ether oxygens (including phenoxy) is 1. The molecule has 5 nitrogen and oxygen atoms in total. The number of likely N-dealkylation sites (tertiary alicyclic amines) is 1. The molecule has 2 aliphatic heterocycles. The van der Waals surface area contributed by atoms with E-state index in [0.29, 0.717) is 12.2 Å². The van der Waals surface area contributed by atoms with Crippen molar-refractivity contribution in [3.63, 3.8) is 0 Å². The minimum Gasteiger partial charge on any atom is -0.504 e. The molecule has 5 heteroatoms. The molecule has 3 aliphatic carbocycles. The Hall–Kier alpha value is -2.50. The van der Waals surface area contributed by atoms with E-state index in [-0.39, 0.29) is 17.9 Å². The van der Waals surface area contributed by atoms with E-state index < -0.39 is 11.0 Å². The van der Waals surface area contributed by atoms with Gasteiger partial charge in [0.25, 0.3) is 0 Å². The number of para-hydroxylation sites is 1. The Kier molecular flexibility index (Phi) is 2.91. The number of phenolic OH excluding ortho intramolecular Hbond substituents is 1. The van der Waals surface area contributed by atoms with Gasteiger partial charge >= 0.3 is 0 Å². The van der Waals surface area contributed by atoms with E-state index in [1.54, 1.807) is 6.07 Å². The number of piperidine rings is 1. The molecule has 8 rings (SSSR count). The van der Waals surface area contributed by atoms with Crippen molar-refractivity contribution in [2.45, 2.75) is 55.3 Å². The van der Waals surface area contributed by atoms with Crippen molar-refractivity contribution in [2.75, 3.05) is 13.1 Å². The summed E-state index contributed by atoms with van der Waals surface area (Å²) in [4.78, 5) is 6.22. The minimum atomic E-state index is -0.908. The zero-order valence-electron chi connectivity index (χ0n) is 17.4. The number of phenols is 1. The molecule has 1 saturated heterocycles. The van der Waals surface area contributed by atoms with Gasteiger partial charge in [-0.1, -0.05) is 24.3 Å². The van der Waals surface area contributed by atoms with Gasteiger partial charge in [0.15, 0.2) is 17.6 Å². The average Bonchev–Trinajstić information content (AvgIpc) is 3.40. The van der Waals surface area contributed by atoms with Crippen LogP contribution in [0.15, 0.2) is 36.4 Å². The smallest absolute Gasteiger partial charge is 0.166 e. The molecule has 2 fully saturated rings. The second kappa shape index (κ2) is 5.28. The van der Waals surface area contributed by atoms with Gasteiger partial charge in [0.05, 0.1) is 16.7 Å². The Bertz CT molecular complexity index is 1280. The van der Waals surface area contributed by atoms with Gasteiger partial charge in [0.2, 0.25) is 0 Å². The zero-order chi connectivity index (χ0) is 20.5. The van der Waals surface area contributed by atoms with Crippen LogP contribution < -0.4 is 4.74 Å². The summed E-state index contributed by atoms with van der Waals surface area (Å²) >= 11 is 0. The molecular formula is C26H26N2O3. The van der Waals surface area contributed by atoms with E-state index in [0.717, 1.165) is 48.6 Å². The normalized spacial score (nSPS) is 35.0. The molecule has 1 spiro atoms. The lowest BCUT2D eigenvalue weighted by molar-refractivity contribution is -0.173. The molecule has 31 heavy (non-hydrogen) atoms. The van der Waals surface area contributed by atoms with Crippen LogP contribution in [-0.2, 0) is 18.3 Å². The summed E-state index contributed by atoms with van der Waals surface area (Å²) in [7, 11) is 0. The lowest BCUT2D eigenvalue weighted by atomic mass is 9.49. The third-order valence-electron chi connectivity index (χ3n) is 9.07. The second-order valence-electron chi connectivity index (χ2n) is 10.5. The maximum atomic E-state index is 12.7. The van der Waals surface area contributed by atoms with Crippen LogP contribution in [0.3, 0.4) is 0 Å². The molecule has 2 aromatic carbocycles. The SMILES string of the molecule is Oc1ccc2c3c1O[C@H]1c4[nH]c5ccccc5c4C[C@]4(O)[C@@H](C2)N(CC2CC2)CC[C@@]314. The molecule has 0 unspecified atom stereocenters. The molecule has 4 atom stereocenters. The van der Waals surface area contributed by atoms with Crippen molar-refractivity contribution in [2.24, 2.45) is 5.92 Å². The van der Waals surface area contributed by atoms with Gasteiger partial charge < -0.3 is 19.9 Å². The summed E-state index contributed by atoms with van der Waals surface area (Å²) in [5, 5.41) is 24.6. The zero-order valence-corrected chi connectivity index (χ0v) is 17.4. The number of aromatic nitrogens is 1. The average molecular weight is 415 g/mol. The van der Waals surface area contributed by atoms with Crippen molar-refractivity contribution in [3.8, 4) is 11.5 Å². The van der Waals surface area contributed by atoms with Gasteiger partial charge in [-0.15, -0.1) is 0 Å². The molecule has 0 amide bonds. The number of H-pyrrole nitrogens is 1. The quantitative estimate of drug-likeness (QED) is 0.600. The molecule has 1 saturated carbocycles. The summed E-state index contributed by atoms with van der Waals surface area (Å²) in [5.74, 6) is 1.58. The molecule has 3 N–H and O–H groups in total. The fraction of sp³-hybridized carbons (Fsp3) is 0.462. The number of aromatic amines is 1. The van der Waals surface area contributed by atoms with Crippen molar-refractivity contribution < 1.29 is 14.9 Å². The molecule has 3 aromatic rings. The summed E-state index contributed by atoms with van der Waals surface area (Å²) < 4.78 is 6.60. The summed E-state index contributed by atoms with van der Waals surface area (Å²) in [6, 6.07) is 12.3. The Labute approximate surface area is 180 Å². The first kappa shape index (κ1) is 17.1. The van der Waals surface area contributed by atoms with E-state index in [1.807, 2.05) is 6.07 Å². The number of rotatable bonds is 2. The summed E-state index contributed by atoms with van der Waals surface area (Å²) in [6.07, 6.45) is 4.66. The van der Waals surface area contributed by atoms with Crippen molar-refractivity contribution in [3.05, 3.63) is 58.8 Å². The monoisotopic (exact) mass is 414 g/mol. The Morgan fingerprint density at radius 1 is 1.16 bits per heavy atom. The highest BCUT2D eigenvalue weighted by Gasteiger charge is 2.72. The van der Waals surface area contributed by atoms with Crippen LogP contribution in [0.25, 0.3) is 10.9 Å². The second-order valence-corrected chi connectivity index (χ2v) is 10.5. The molecule has 1 aromatic heterocycles. The maximum absolute atomic E-state index is 12.7. The highest BCUT2D eigenvalue weighted by atomic mass is 16.5. The van der Waals surface area contributed by atoms with Gasteiger partial charge in [-0.2, -0.15) is 0 Å². The third-order valence-corrected chi connectivity index (χ3v) is 9.07. The standard InChI is InChI=1S/C26H26N2O3/c29-19-8-7-15-11-20-26(30)12-17-16-3-1-2-4-18(16)27-22(17)24-25(26,21(15)23(19)31-24)9-10-28(20)13-14-5-6-14/h1-4,7-8,14,20,24,27,29-30H,5-6,9-13H2/t20-,24+,25-,26+/m1/s1. The lowest BCUT2D eigenvalue weighted by Crippen LogP contribution is -2.74. The largest absolute Gasteiger partial charge is 0.504 e. The number of aromatic hydroxyl groups is 1. The number of nitrogens with one attached hydrogen (secondary N) is 1. The molecule has 158 valence electrons.